The van der Waals surface area contributed by atoms with E-state index in [2.05, 4.69) is 10.4 Å². The molecule has 44 heavy (non-hydrogen) atoms. The third-order valence-corrected chi connectivity index (χ3v) is 10.1. The van der Waals surface area contributed by atoms with Gasteiger partial charge in [-0.3, -0.25) is 14.3 Å². The first-order valence-electron chi connectivity index (χ1n) is 15.3. The Labute approximate surface area is 260 Å². The number of nitrogens with one attached hydrogen (secondary N) is 1. The van der Waals surface area contributed by atoms with Crippen molar-refractivity contribution in [3.8, 4) is 11.5 Å². The van der Waals surface area contributed by atoms with E-state index in [1.165, 1.54) is 0 Å². The molecule has 1 saturated carbocycles. The van der Waals surface area contributed by atoms with E-state index in [0.717, 1.165) is 55.6 Å². The minimum absolute atomic E-state index is 0.0182. The van der Waals surface area contributed by atoms with Gasteiger partial charge in [0.15, 0.2) is 22.7 Å². The Morgan fingerprint density at radius 1 is 0.977 bits per heavy atom. The molecule has 2 saturated heterocycles. The minimum Gasteiger partial charge on any atom is -0.493 e. The fourth-order valence-electron chi connectivity index (χ4n) is 5.73. The zero-order chi connectivity index (χ0) is 30.6. The van der Waals surface area contributed by atoms with Gasteiger partial charge in [0, 0.05) is 69.9 Å². The number of hydrogen-bond acceptors (Lipinski definition) is 6. The Kier molecular flexibility index (Phi) is 9.29. The smallest absolute Gasteiger partial charge is 0.269 e. The standard InChI is InChI=1S/C32H40N6O5S/c1-35-28(20-27(34-35)24-12-13-24)31(39)33-21-26-6-5-7-29(30(26)42-2)43-22-23-8-10-25(11-9-23)32(40)36-16-18-38(19-17-36)44(41)37-14-3-4-15-37/h5-11,20,24H,3-4,12-19,21-22H2,1-2H3,(H,33,39). The molecule has 0 radical (unpaired) electrons. The van der Waals surface area contributed by atoms with Gasteiger partial charge < -0.3 is 19.7 Å². The second-order valence-electron chi connectivity index (χ2n) is 11.6. The van der Waals surface area contributed by atoms with Gasteiger partial charge in [-0.05, 0) is 55.5 Å². The van der Waals surface area contributed by atoms with Gasteiger partial charge in [-0.15, -0.1) is 0 Å². The molecule has 3 aliphatic rings. The Balaban J connectivity index is 1.01. The molecule has 1 atom stereocenters. The molecule has 11 nitrogen and oxygen atoms in total. The number of aromatic nitrogens is 2. The second-order valence-corrected chi connectivity index (χ2v) is 13.1. The minimum atomic E-state index is -1.11. The number of hydrogen-bond donors (Lipinski definition) is 1. The van der Waals surface area contributed by atoms with Gasteiger partial charge in [0.1, 0.15) is 12.3 Å². The van der Waals surface area contributed by atoms with Crippen molar-refractivity contribution >= 4 is 23.0 Å². The molecule has 1 N–H and O–H groups in total. The highest BCUT2D eigenvalue weighted by Crippen LogP contribution is 2.39. The fraction of sp³-hybridized carbons (Fsp3) is 0.469. The summed E-state index contributed by atoms with van der Waals surface area (Å²) in [6.45, 7) is 4.67. The van der Waals surface area contributed by atoms with Crippen LogP contribution in [0, 0.1) is 0 Å². The van der Waals surface area contributed by atoms with Crippen LogP contribution in [0.2, 0.25) is 0 Å². The molecule has 3 fully saturated rings. The Hall–Kier alpha value is -3.74. The van der Waals surface area contributed by atoms with E-state index in [9.17, 15) is 13.8 Å². The van der Waals surface area contributed by atoms with Crippen molar-refractivity contribution < 1.29 is 23.3 Å². The molecular weight excluding hydrogens is 580 g/mol. The zero-order valence-corrected chi connectivity index (χ0v) is 26.2. The highest BCUT2D eigenvalue weighted by Gasteiger charge is 2.30. The van der Waals surface area contributed by atoms with Crippen molar-refractivity contribution in [3.63, 3.8) is 0 Å². The maximum atomic E-state index is 13.1. The van der Waals surface area contributed by atoms with Gasteiger partial charge in [-0.2, -0.15) is 5.10 Å². The van der Waals surface area contributed by atoms with Crippen LogP contribution < -0.4 is 14.8 Å². The summed E-state index contributed by atoms with van der Waals surface area (Å²) in [5.41, 5.74) is 3.85. The average molecular weight is 621 g/mol. The number of piperazine rings is 1. The zero-order valence-electron chi connectivity index (χ0n) is 25.4. The van der Waals surface area contributed by atoms with E-state index >= 15 is 0 Å². The summed E-state index contributed by atoms with van der Waals surface area (Å²) >= 11 is -1.11. The molecule has 2 aliphatic heterocycles. The van der Waals surface area contributed by atoms with Crippen LogP contribution in [0.25, 0.3) is 0 Å². The first kappa shape index (κ1) is 30.3. The lowest BCUT2D eigenvalue weighted by atomic mass is 10.1. The number of carbonyl (C=O) groups excluding carboxylic acids is 2. The maximum absolute atomic E-state index is 13.1. The monoisotopic (exact) mass is 620 g/mol. The van der Waals surface area contributed by atoms with Crippen LogP contribution in [0.3, 0.4) is 0 Å². The summed E-state index contributed by atoms with van der Waals surface area (Å²) < 4.78 is 30.2. The van der Waals surface area contributed by atoms with Crippen LogP contribution >= 0.6 is 0 Å². The lowest BCUT2D eigenvalue weighted by Crippen LogP contribution is -2.51. The summed E-state index contributed by atoms with van der Waals surface area (Å²) in [6.07, 6.45) is 4.45. The summed E-state index contributed by atoms with van der Waals surface area (Å²) in [6, 6.07) is 14.9. The Bertz CT molecular complexity index is 1510. The first-order chi connectivity index (χ1) is 21.4. The highest BCUT2D eigenvalue weighted by molar-refractivity contribution is 7.80. The second kappa shape index (κ2) is 13.5. The molecule has 3 aromatic rings. The predicted molar refractivity (Wildman–Crippen MR) is 167 cm³/mol. The van der Waals surface area contributed by atoms with Crippen molar-refractivity contribution in [1.29, 1.82) is 0 Å². The number of nitrogens with zero attached hydrogens (tertiary/aromatic N) is 5. The van der Waals surface area contributed by atoms with Crippen LogP contribution in [-0.2, 0) is 31.4 Å². The normalized spacial score (nSPS) is 18.3. The molecule has 234 valence electrons. The van der Waals surface area contributed by atoms with E-state index in [-0.39, 0.29) is 18.4 Å². The number of carbonyl (C=O) groups is 2. The predicted octanol–water partition coefficient (Wildman–Crippen LogP) is 3.25. The molecule has 1 unspecified atom stereocenters. The van der Waals surface area contributed by atoms with Gasteiger partial charge in [-0.25, -0.2) is 12.8 Å². The van der Waals surface area contributed by atoms with Crippen molar-refractivity contribution in [2.45, 2.75) is 44.8 Å². The molecule has 0 bridgehead atoms. The van der Waals surface area contributed by atoms with Crippen LogP contribution in [0.15, 0.2) is 48.5 Å². The molecule has 1 aromatic heterocycles. The molecule has 6 rings (SSSR count). The number of methoxy groups -OCH3 is 1. The van der Waals surface area contributed by atoms with Gasteiger partial charge in [0.05, 0.1) is 12.8 Å². The third kappa shape index (κ3) is 6.82. The number of ether oxygens (including phenoxy) is 2. The van der Waals surface area contributed by atoms with E-state index in [4.69, 9.17) is 9.47 Å². The van der Waals surface area contributed by atoms with Crippen molar-refractivity contribution in [2.24, 2.45) is 7.05 Å². The lowest BCUT2D eigenvalue weighted by Gasteiger charge is -2.35. The third-order valence-electron chi connectivity index (χ3n) is 8.46. The van der Waals surface area contributed by atoms with Crippen molar-refractivity contribution in [2.75, 3.05) is 46.4 Å². The van der Waals surface area contributed by atoms with E-state index < -0.39 is 11.2 Å². The van der Waals surface area contributed by atoms with Crippen LogP contribution in [0.4, 0.5) is 0 Å². The topological polar surface area (TPSA) is 109 Å². The largest absolute Gasteiger partial charge is 0.493 e. The molecular formula is C32H40N6O5S. The average Bonchev–Trinajstić information content (AvgIpc) is 3.61. The number of rotatable bonds is 11. The Morgan fingerprint density at radius 3 is 2.36 bits per heavy atom. The van der Waals surface area contributed by atoms with E-state index in [1.807, 2.05) is 62.0 Å². The molecule has 1 aliphatic carbocycles. The van der Waals surface area contributed by atoms with Gasteiger partial charge >= 0.3 is 0 Å². The van der Waals surface area contributed by atoms with Crippen molar-refractivity contribution in [3.05, 3.63) is 76.6 Å². The van der Waals surface area contributed by atoms with Gasteiger partial charge in [0.2, 0.25) is 0 Å². The molecule has 2 aromatic carbocycles. The number of para-hydroxylation sites is 1. The Morgan fingerprint density at radius 2 is 1.68 bits per heavy atom. The van der Waals surface area contributed by atoms with Crippen LogP contribution in [0.5, 0.6) is 11.5 Å². The van der Waals surface area contributed by atoms with Crippen molar-refractivity contribution in [1.82, 2.24) is 28.6 Å². The van der Waals surface area contributed by atoms with Crippen LogP contribution in [0.1, 0.15) is 69.3 Å². The lowest BCUT2D eigenvalue weighted by molar-refractivity contribution is 0.0698. The SMILES string of the molecule is COc1c(CNC(=O)c2cc(C3CC3)nn2C)cccc1OCc1ccc(C(=O)N2CCN(S(=O)N3CCCC3)CC2)cc1. The molecule has 3 heterocycles. The molecule has 0 spiro atoms. The van der Waals surface area contributed by atoms with Gasteiger partial charge in [-0.1, -0.05) is 24.3 Å². The summed E-state index contributed by atoms with van der Waals surface area (Å²) in [5, 5.41) is 7.46. The van der Waals surface area contributed by atoms with Gasteiger partial charge in [0.25, 0.3) is 11.8 Å². The van der Waals surface area contributed by atoms with E-state index in [1.54, 1.807) is 18.8 Å². The summed E-state index contributed by atoms with van der Waals surface area (Å²) in [7, 11) is 3.38. The summed E-state index contributed by atoms with van der Waals surface area (Å²) in [4.78, 5) is 27.8. The number of aryl methyl sites for hydroxylation is 1. The first-order valence-corrected chi connectivity index (χ1v) is 16.4. The number of benzene rings is 2. The quantitative estimate of drug-likeness (QED) is 0.353. The maximum Gasteiger partial charge on any atom is 0.269 e. The van der Waals surface area contributed by atoms with Crippen LogP contribution in [-0.4, -0.2) is 85.7 Å². The summed E-state index contributed by atoms with van der Waals surface area (Å²) in [5.74, 6) is 1.41. The fourth-order valence-corrected chi connectivity index (χ4v) is 7.11. The number of amides is 2. The highest BCUT2D eigenvalue weighted by atomic mass is 32.2. The molecule has 2 amide bonds. The van der Waals surface area contributed by atoms with E-state index in [0.29, 0.717) is 61.5 Å². The molecule has 12 heteroatoms.